The summed E-state index contributed by atoms with van der Waals surface area (Å²) in [7, 11) is -2.96. The maximum atomic E-state index is 12.2. The molecule has 0 aromatic heterocycles. The fourth-order valence-electron chi connectivity index (χ4n) is 2.38. The van der Waals surface area contributed by atoms with Gasteiger partial charge in [-0.3, -0.25) is 4.79 Å². The van der Waals surface area contributed by atoms with E-state index in [-0.39, 0.29) is 23.5 Å². The number of aryl methyl sites for hydroxylation is 3. The molecule has 1 unspecified atom stereocenters. The molecule has 0 radical (unpaired) electrons. The normalized spacial score (nSPS) is 21.3. The Hall–Kier alpha value is -1.36. The van der Waals surface area contributed by atoms with Gasteiger partial charge in [-0.25, -0.2) is 8.42 Å². The summed E-state index contributed by atoms with van der Waals surface area (Å²) in [5, 5.41) is 2.82. The minimum Gasteiger partial charge on any atom is -0.348 e. The Morgan fingerprint density at radius 2 is 1.79 bits per heavy atom. The smallest absolute Gasteiger partial charge is 0.251 e. The lowest BCUT2D eigenvalue weighted by Crippen LogP contribution is -2.36. The highest BCUT2D eigenvalue weighted by Crippen LogP contribution is 2.17. The van der Waals surface area contributed by atoms with Gasteiger partial charge >= 0.3 is 0 Å². The number of benzene rings is 1. The van der Waals surface area contributed by atoms with Gasteiger partial charge in [0, 0.05) is 11.6 Å². The van der Waals surface area contributed by atoms with E-state index in [2.05, 4.69) is 5.32 Å². The zero-order valence-electron chi connectivity index (χ0n) is 11.5. The molecule has 1 aromatic rings. The first-order valence-electron chi connectivity index (χ1n) is 6.37. The molecule has 0 saturated carbocycles. The van der Waals surface area contributed by atoms with Crippen LogP contribution in [0.25, 0.3) is 0 Å². The molecule has 104 valence electrons. The van der Waals surface area contributed by atoms with Gasteiger partial charge in [-0.05, 0) is 49.9 Å². The lowest BCUT2D eigenvalue weighted by atomic mass is 10.00. The van der Waals surface area contributed by atoms with E-state index < -0.39 is 9.84 Å². The summed E-state index contributed by atoms with van der Waals surface area (Å²) in [6.45, 7) is 5.87. The molecule has 1 saturated heterocycles. The summed E-state index contributed by atoms with van der Waals surface area (Å²) >= 11 is 0. The summed E-state index contributed by atoms with van der Waals surface area (Å²) in [4.78, 5) is 12.2. The van der Waals surface area contributed by atoms with Crippen LogP contribution in [0, 0.1) is 20.8 Å². The zero-order valence-corrected chi connectivity index (χ0v) is 12.3. The topological polar surface area (TPSA) is 63.2 Å². The van der Waals surface area contributed by atoms with Crippen molar-refractivity contribution in [3.8, 4) is 0 Å². The van der Waals surface area contributed by atoms with E-state index in [1.165, 1.54) is 0 Å². The first-order chi connectivity index (χ1) is 8.78. The lowest BCUT2D eigenvalue weighted by molar-refractivity contribution is 0.0940. The molecule has 0 aliphatic carbocycles. The molecule has 1 heterocycles. The van der Waals surface area contributed by atoms with Gasteiger partial charge in [-0.1, -0.05) is 6.07 Å². The van der Waals surface area contributed by atoms with Crippen molar-refractivity contribution in [1.82, 2.24) is 5.32 Å². The number of rotatable bonds is 2. The van der Waals surface area contributed by atoms with E-state index in [0.29, 0.717) is 12.0 Å². The molecule has 0 bridgehead atoms. The van der Waals surface area contributed by atoms with Gasteiger partial charge in [-0.2, -0.15) is 0 Å². The summed E-state index contributed by atoms with van der Waals surface area (Å²) in [6, 6.07) is 3.59. The number of sulfone groups is 1. The van der Waals surface area contributed by atoms with Crippen molar-refractivity contribution < 1.29 is 13.2 Å². The summed E-state index contributed by atoms with van der Waals surface area (Å²) in [5.74, 6) is 0.0506. The lowest BCUT2D eigenvalue weighted by Gasteiger charge is -2.14. The monoisotopic (exact) mass is 281 g/mol. The largest absolute Gasteiger partial charge is 0.348 e. The van der Waals surface area contributed by atoms with E-state index >= 15 is 0 Å². The minimum atomic E-state index is -2.96. The second-order valence-electron chi connectivity index (χ2n) is 5.32. The quantitative estimate of drug-likeness (QED) is 0.894. The third-order valence-corrected chi connectivity index (χ3v) is 5.42. The zero-order chi connectivity index (χ0) is 14.2. The van der Waals surface area contributed by atoms with Gasteiger partial charge in [0.15, 0.2) is 9.84 Å². The standard InChI is InChI=1S/C14H19NO3S/c1-9-6-11(3)13(7-10(9)2)14(16)15-12-4-5-19(17,18)8-12/h6-7,12H,4-5,8H2,1-3H3,(H,15,16). The molecular formula is C14H19NO3S. The first-order valence-corrected chi connectivity index (χ1v) is 8.20. The molecule has 5 heteroatoms. The molecule has 1 aliphatic rings. The highest BCUT2D eigenvalue weighted by Gasteiger charge is 2.29. The molecule has 1 aromatic carbocycles. The van der Waals surface area contributed by atoms with Crippen LogP contribution in [0.5, 0.6) is 0 Å². The molecule has 1 aliphatic heterocycles. The second kappa shape index (κ2) is 4.96. The predicted molar refractivity (Wildman–Crippen MR) is 75.2 cm³/mol. The highest BCUT2D eigenvalue weighted by atomic mass is 32.2. The second-order valence-corrected chi connectivity index (χ2v) is 7.55. The number of nitrogens with one attached hydrogen (secondary N) is 1. The van der Waals surface area contributed by atoms with Crippen molar-refractivity contribution in [1.29, 1.82) is 0 Å². The van der Waals surface area contributed by atoms with Crippen LogP contribution in [0.15, 0.2) is 12.1 Å². The van der Waals surface area contributed by atoms with E-state index in [9.17, 15) is 13.2 Å². The fraction of sp³-hybridized carbons (Fsp3) is 0.500. The Morgan fingerprint density at radius 1 is 1.16 bits per heavy atom. The first kappa shape index (κ1) is 14.1. The Bertz CT molecular complexity index is 620. The molecule has 1 fully saturated rings. The third kappa shape index (κ3) is 3.15. The Labute approximate surface area is 114 Å². The SMILES string of the molecule is Cc1cc(C)c(C(=O)NC2CCS(=O)(=O)C2)cc1C. The average molecular weight is 281 g/mol. The average Bonchev–Trinajstić information content (AvgIpc) is 2.63. The molecule has 1 N–H and O–H groups in total. The van der Waals surface area contributed by atoms with Gasteiger partial charge in [0.25, 0.3) is 5.91 Å². The van der Waals surface area contributed by atoms with Crippen LogP contribution in [0.1, 0.15) is 33.5 Å². The molecule has 1 atom stereocenters. The third-order valence-electron chi connectivity index (χ3n) is 3.65. The van der Waals surface area contributed by atoms with Crippen molar-refractivity contribution >= 4 is 15.7 Å². The number of amides is 1. The van der Waals surface area contributed by atoms with Crippen LogP contribution >= 0.6 is 0 Å². The van der Waals surface area contributed by atoms with Gasteiger partial charge < -0.3 is 5.32 Å². The summed E-state index contributed by atoms with van der Waals surface area (Å²) < 4.78 is 22.7. The van der Waals surface area contributed by atoms with Crippen LogP contribution in [-0.2, 0) is 9.84 Å². The number of carbonyl (C=O) groups is 1. The number of hydrogen-bond donors (Lipinski definition) is 1. The van der Waals surface area contributed by atoms with Crippen molar-refractivity contribution in [2.24, 2.45) is 0 Å². The van der Waals surface area contributed by atoms with Gasteiger partial charge in [0.05, 0.1) is 11.5 Å². The van der Waals surface area contributed by atoms with Gasteiger partial charge in [0.1, 0.15) is 0 Å². The molecule has 1 amide bonds. The fourth-order valence-corrected chi connectivity index (χ4v) is 4.05. The summed E-state index contributed by atoms with van der Waals surface area (Å²) in [6.07, 6.45) is 0.512. The molecule has 19 heavy (non-hydrogen) atoms. The summed E-state index contributed by atoms with van der Waals surface area (Å²) in [5.41, 5.74) is 3.76. The highest BCUT2D eigenvalue weighted by molar-refractivity contribution is 7.91. The van der Waals surface area contributed by atoms with E-state index in [0.717, 1.165) is 16.7 Å². The maximum Gasteiger partial charge on any atom is 0.251 e. The van der Waals surface area contributed by atoms with Crippen LogP contribution in [0.2, 0.25) is 0 Å². The van der Waals surface area contributed by atoms with Crippen LogP contribution in [0.3, 0.4) is 0 Å². The minimum absolute atomic E-state index is 0.0582. The molecule has 4 nitrogen and oxygen atoms in total. The van der Waals surface area contributed by atoms with Gasteiger partial charge in [0.2, 0.25) is 0 Å². The number of carbonyl (C=O) groups excluding carboxylic acids is 1. The van der Waals surface area contributed by atoms with Crippen molar-refractivity contribution in [2.45, 2.75) is 33.2 Å². The van der Waals surface area contributed by atoms with Crippen molar-refractivity contribution in [3.63, 3.8) is 0 Å². The van der Waals surface area contributed by atoms with Crippen LogP contribution < -0.4 is 5.32 Å². The van der Waals surface area contributed by atoms with E-state index in [4.69, 9.17) is 0 Å². The molecule has 0 spiro atoms. The Kier molecular flexibility index (Phi) is 3.67. The van der Waals surface area contributed by atoms with Crippen LogP contribution in [0.4, 0.5) is 0 Å². The predicted octanol–water partition coefficient (Wildman–Crippen LogP) is 1.53. The van der Waals surface area contributed by atoms with Crippen molar-refractivity contribution in [2.75, 3.05) is 11.5 Å². The Morgan fingerprint density at radius 3 is 2.37 bits per heavy atom. The number of hydrogen-bond acceptors (Lipinski definition) is 3. The maximum absolute atomic E-state index is 12.2. The molecule has 2 rings (SSSR count). The van der Waals surface area contributed by atoms with Gasteiger partial charge in [-0.15, -0.1) is 0 Å². The molecular weight excluding hydrogens is 262 g/mol. The van der Waals surface area contributed by atoms with Crippen molar-refractivity contribution in [3.05, 3.63) is 34.4 Å². The Balaban J connectivity index is 2.15. The van der Waals surface area contributed by atoms with Crippen LogP contribution in [-0.4, -0.2) is 31.9 Å². The van der Waals surface area contributed by atoms with E-state index in [1.807, 2.05) is 32.9 Å². The van der Waals surface area contributed by atoms with E-state index in [1.54, 1.807) is 0 Å².